The first kappa shape index (κ1) is 20.0. The summed E-state index contributed by atoms with van der Waals surface area (Å²) in [6.45, 7) is 5.09. The molecule has 146 valence electrons. The molecule has 0 spiro atoms. The van der Waals surface area contributed by atoms with Crippen LogP contribution in [0.3, 0.4) is 0 Å². The maximum absolute atomic E-state index is 9.88. The fraction of sp³-hybridized carbons (Fsp3) is 0.478. The Hall–Kier alpha value is -1.72. The van der Waals surface area contributed by atoms with Gasteiger partial charge in [0.2, 0.25) is 0 Å². The molecule has 0 unspecified atom stereocenters. The average molecular weight is 370 g/mol. The number of likely N-dealkylation sites (tertiary alicyclic amines) is 1. The van der Waals surface area contributed by atoms with Crippen LogP contribution >= 0.6 is 0 Å². The molecule has 2 aromatic carbocycles. The van der Waals surface area contributed by atoms with E-state index in [4.69, 9.17) is 9.47 Å². The molecule has 1 saturated heterocycles. The lowest BCUT2D eigenvalue weighted by atomic mass is 9.89. The average Bonchev–Trinajstić information content (AvgIpc) is 2.71. The molecule has 1 fully saturated rings. The minimum Gasteiger partial charge on any atom is -0.395 e. The smallest absolute Gasteiger partial charge is 0.0934 e. The number of hydrogen-bond acceptors (Lipinski definition) is 4. The number of aliphatic hydroxyl groups is 1. The van der Waals surface area contributed by atoms with Gasteiger partial charge in [0.05, 0.1) is 44.6 Å². The Labute approximate surface area is 162 Å². The van der Waals surface area contributed by atoms with Gasteiger partial charge in [-0.05, 0) is 24.1 Å². The molecule has 3 rings (SSSR count). The summed E-state index contributed by atoms with van der Waals surface area (Å²) in [6.07, 6.45) is 2.27. The van der Waals surface area contributed by atoms with Crippen molar-refractivity contribution >= 4 is 0 Å². The zero-order valence-corrected chi connectivity index (χ0v) is 16.2. The highest BCUT2D eigenvalue weighted by molar-refractivity contribution is 5.15. The van der Waals surface area contributed by atoms with Crippen molar-refractivity contribution in [2.45, 2.75) is 51.2 Å². The van der Waals surface area contributed by atoms with Crippen LogP contribution in [0.1, 0.15) is 30.9 Å². The second-order valence-corrected chi connectivity index (χ2v) is 7.17. The lowest BCUT2D eigenvalue weighted by Gasteiger charge is -2.54. The van der Waals surface area contributed by atoms with Crippen LogP contribution in [0.2, 0.25) is 0 Å². The number of hydrogen-bond donors (Lipinski definition) is 1. The van der Waals surface area contributed by atoms with Crippen molar-refractivity contribution in [2.24, 2.45) is 0 Å². The topological polar surface area (TPSA) is 41.9 Å². The number of benzene rings is 2. The van der Waals surface area contributed by atoms with Crippen LogP contribution in [0.4, 0.5) is 0 Å². The molecule has 0 radical (unpaired) electrons. The SMILES string of the molecule is CCCCN1[C@@H](CO)[C@@H](OCc2ccccc2)[C@@H]1COCc1ccccc1. The van der Waals surface area contributed by atoms with Gasteiger partial charge in [-0.15, -0.1) is 0 Å². The minimum atomic E-state index is 0.00263. The highest BCUT2D eigenvalue weighted by atomic mass is 16.5. The molecule has 0 saturated carbocycles. The van der Waals surface area contributed by atoms with Gasteiger partial charge in [0.25, 0.3) is 0 Å². The van der Waals surface area contributed by atoms with Crippen molar-refractivity contribution in [2.75, 3.05) is 19.8 Å². The molecule has 1 N–H and O–H groups in total. The summed E-state index contributed by atoms with van der Waals surface area (Å²) < 4.78 is 12.2. The van der Waals surface area contributed by atoms with Crippen molar-refractivity contribution < 1.29 is 14.6 Å². The zero-order valence-electron chi connectivity index (χ0n) is 16.2. The summed E-state index contributed by atoms with van der Waals surface area (Å²) in [5, 5.41) is 9.88. The fourth-order valence-electron chi connectivity index (χ4n) is 3.71. The Bertz CT molecular complexity index is 649. The fourth-order valence-corrected chi connectivity index (χ4v) is 3.71. The number of rotatable bonds is 11. The molecule has 2 aromatic rings. The zero-order chi connectivity index (χ0) is 18.9. The van der Waals surface area contributed by atoms with E-state index in [0.717, 1.165) is 24.9 Å². The standard InChI is InChI=1S/C23H31NO3/c1-2-3-14-24-21(15-25)23(27-17-20-12-8-5-9-13-20)22(24)18-26-16-19-10-6-4-7-11-19/h4-13,21-23,25H,2-3,14-18H2,1H3/t21-,22-,23+/m0/s1. The van der Waals surface area contributed by atoms with Crippen molar-refractivity contribution in [1.29, 1.82) is 0 Å². The Morgan fingerprint density at radius 1 is 0.889 bits per heavy atom. The van der Waals surface area contributed by atoms with Gasteiger partial charge in [-0.2, -0.15) is 0 Å². The van der Waals surface area contributed by atoms with E-state index in [1.807, 2.05) is 36.4 Å². The van der Waals surface area contributed by atoms with Crippen molar-refractivity contribution in [3.63, 3.8) is 0 Å². The largest absolute Gasteiger partial charge is 0.395 e. The van der Waals surface area contributed by atoms with Crippen molar-refractivity contribution in [3.05, 3.63) is 71.8 Å². The molecule has 1 aliphatic heterocycles. The Balaban J connectivity index is 1.57. The maximum atomic E-state index is 9.88. The molecule has 1 aliphatic rings. The third-order valence-electron chi connectivity index (χ3n) is 5.25. The van der Waals surface area contributed by atoms with Crippen LogP contribution in [0.15, 0.2) is 60.7 Å². The molecule has 4 heteroatoms. The van der Waals surface area contributed by atoms with E-state index >= 15 is 0 Å². The van der Waals surface area contributed by atoms with E-state index < -0.39 is 0 Å². The molecule has 1 heterocycles. The maximum Gasteiger partial charge on any atom is 0.0934 e. The van der Waals surface area contributed by atoms with Crippen molar-refractivity contribution in [1.82, 2.24) is 4.90 Å². The van der Waals surface area contributed by atoms with Gasteiger partial charge in [-0.25, -0.2) is 0 Å². The summed E-state index contributed by atoms with van der Waals surface area (Å²) in [5.74, 6) is 0. The van der Waals surface area contributed by atoms with Crippen LogP contribution in [-0.2, 0) is 22.7 Å². The molecule has 0 aromatic heterocycles. The lowest BCUT2D eigenvalue weighted by molar-refractivity contribution is -0.186. The molecular weight excluding hydrogens is 338 g/mol. The van der Waals surface area contributed by atoms with Crippen LogP contribution in [0.25, 0.3) is 0 Å². The molecule has 0 amide bonds. The molecule has 27 heavy (non-hydrogen) atoms. The van der Waals surface area contributed by atoms with Gasteiger partial charge in [-0.1, -0.05) is 74.0 Å². The van der Waals surface area contributed by atoms with E-state index in [2.05, 4.69) is 36.1 Å². The van der Waals surface area contributed by atoms with Crippen LogP contribution in [0, 0.1) is 0 Å². The number of unbranched alkanes of at least 4 members (excludes halogenated alkanes) is 1. The highest BCUT2D eigenvalue weighted by Gasteiger charge is 2.48. The summed E-state index contributed by atoms with van der Waals surface area (Å²) >= 11 is 0. The van der Waals surface area contributed by atoms with Crippen LogP contribution in [-0.4, -0.2) is 48.0 Å². The minimum absolute atomic E-state index is 0.00263. The number of nitrogens with zero attached hydrogens (tertiary/aromatic N) is 1. The molecular formula is C23H31NO3. The number of aliphatic hydroxyl groups excluding tert-OH is 1. The molecule has 0 aliphatic carbocycles. The van der Waals surface area contributed by atoms with Gasteiger partial charge in [0, 0.05) is 0 Å². The number of ether oxygens (including phenoxy) is 2. The molecule has 0 bridgehead atoms. The Morgan fingerprint density at radius 2 is 1.52 bits per heavy atom. The van der Waals surface area contributed by atoms with E-state index in [1.165, 1.54) is 5.56 Å². The predicted octanol–water partition coefficient (Wildman–Crippen LogP) is 3.63. The van der Waals surface area contributed by atoms with Gasteiger partial charge >= 0.3 is 0 Å². The quantitative estimate of drug-likeness (QED) is 0.657. The van der Waals surface area contributed by atoms with E-state index in [9.17, 15) is 5.11 Å². The first-order valence-electron chi connectivity index (χ1n) is 9.97. The third kappa shape index (κ3) is 5.39. The van der Waals surface area contributed by atoms with Crippen molar-refractivity contribution in [3.8, 4) is 0 Å². The monoisotopic (exact) mass is 369 g/mol. The summed E-state index contributed by atoms with van der Waals surface area (Å²) in [6, 6.07) is 20.7. The van der Waals surface area contributed by atoms with Gasteiger partial charge < -0.3 is 14.6 Å². The summed E-state index contributed by atoms with van der Waals surface area (Å²) in [7, 11) is 0. The van der Waals surface area contributed by atoms with Crippen LogP contribution in [0.5, 0.6) is 0 Å². The van der Waals surface area contributed by atoms with Crippen LogP contribution < -0.4 is 0 Å². The van der Waals surface area contributed by atoms with Gasteiger partial charge in [0.1, 0.15) is 0 Å². The predicted molar refractivity (Wildman–Crippen MR) is 107 cm³/mol. The highest BCUT2D eigenvalue weighted by Crippen LogP contribution is 2.30. The van der Waals surface area contributed by atoms with E-state index in [-0.39, 0.29) is 24.8 Å². The normalized spacial score (nSPS) is 22.5. The summed E-state index contributed by atoms with van der Waals surface area (Å²) in [5.41, 5.74) is 2.34. The second-order valence-electron chi connectivity index (χ2n) is 7.17. The lowest BCUT2D eigenvalue weighted by Crippen LogP contribution is -2.71. The first-order valence-corrected chi connectivity index (χ1v) is 9.97. The first-order chi connectivity index (χ1) is 13.3. The Morgan fingerprint density at radius 3 is 2.11 bits per heavy atom. The van der Waals surface area contributed by atoms with Gasteiger partial charge in [0.15, 0.2) is 0 Å². The van der Waals surface area contributed by atoms with Gasteiger partial charge in [-0.3, -0.25) is 4.90 Å². The van der Waals surface area contributed by atoms with E-state index in [0.29, 0.717) is 19.8 Å². The Kier molecular flexibility index (Phi) is 7.84. The van der Waals surface area contributed by atoms with E-state index in [1.54, 1.807) is 0 Å². The summed E-state index contributed by atoms with van der Waals surface area (Å²) in [4.78, 5) is 2.35. The second kappa shape index (κ2) is 10.6. The third-order valence-corrected chi connectivity index (χ3v) is 5.25. The molecule has 3 atom stereocenters. The molecule has 4 nitrogen and oxygen atoms in total.